The standard InChI is InChI=1S/C13H17N5O3/c1-7(2)9-4-10-13(20)18(6-11(14)19)15-12(8(3)16-21)17(10)5-9/h4-5,7,21H,6H2,1-3H3,(H2,14,19)/b16-8-. The Labute approximate surface area is 120 Å². The zero-order valence-electron chi connectivity index (χ0n) is 12.1. The number of carbonyl (C=O) groups excluding carboxylic acids is 1. The van der Waals surface area contributed by atoms with Crippen molar-refractivity contribution in [3.05, 3.63) is 34.0 Å². The van der Waals surface area contributed by atoms with Gasteiger partial charge >= 0.3 is 0 Å². The fraction of sp³-hybridized carbons (Fsp3) is 0.385. The summed E-state index contributed by atoms with van der Waals surface area (Å²) in [6, 6.07) is 1.74. The van der Waals surface area contributed by atoms with Crippen LogP contribution in [0.15, 0.2) is 22.2 Å². The van der Waals surface area contributed by atoms with Crippen molar-refractivity contribution in [3.63, 3.8) is 0 Å². The van der Waals surface area contributed by atoms with Gasteiger partial charge in [0.05, 0.1) is 0 Å². The Balaban J connectivity index is 2.82. The third-order valence-corrected chi connectivity index (χ3v) is 3.18. The van der Waals surface area contributed by atoms with Gasteiger partial charge in [-0.1, -0.05) is 19.0 Å². The molecule has 0 bridgehead atoms. The van der Waals surface area contributed by atoms with Crippen LogP contribution in [-0.4, -0.2) is 31.0 Å². The second kappa shape index (κ2) is 5.39. The number of hydrogen-bond acceptors (Lipinski definition) is 5. The van der Waals surface area contributed by atoms with Crippen molar-refractivity contribution in [1.82, 2.24) is 14.2 Å². The number of hydrogen-bond donors (Lipinski definition) is 2. The summed E-state index contributed by atoms with van der Waals surface area (Å²) in [7, 11) is 0. The number of nitrogens with two attached hydrogens (primary N) is 1. The van der Waals surface area contributed by atoms with Crippen LogP contribution in [0.5, 0.6) is 0 Å². The molecule has 0 saturated carbocycles. The van der Waals surface area contributed by atoms with Crippen LogP contribution in [0.25, 0.3) is 5.52 Å². The lowest BCUT2D eigenvalue weighted by Crippen LogP contribution is -2.33. The van der Waals surface area contributed by atoms with E-state index in [1.54, 1.807) is 23.6 Å². The summed E-state index contributed by atoms with van der Waals surface area (Å²) in [5.41, 5.74) is 6.23. The highest BCUT2D eigenvalue weighted by Gasteiger charge is 2.16. The van der Waals surface area contributed by atoms with Crippen LogP contribution in [0.4, 0.5) is 0 Å². The topological polar surface area (TPSA) is 115 Å². The molecule has 8 heteroatoms. The molecule has 112 valence electrons. The quantitative estimate of drug-likeness (QED) is 0.479. The van der Waals surface area contributed by atoms with Gasteiger partial charge in [-0.25, -0.2) is 4.68 Å². The van der Waals surface area contributed by atoms with Crippen LogP contribution in [-0.2, 0) is 11.3 Å². The first-order chi connectivity index (χ1) is 9.85. The highest BCUT2D eigenvalue weighted by molar-refractivity contribution is 5.95. The number of amides is 1. The fourth-order valence-corrected chi connectivity index (χ4v) is 2.03. The minimum atomic E-state index is -0.672. The van der Waals surface area contributed by atoms with Crippen molar-refractivity contribution in [3.8, 4) is 0 Å². The first-order valence-corrected chi connectivity index (χ1v) is 6.45. The van der Waals surface area contributed by atoms with E-state index in [2.05, 4.69) is 10.3 Å². The van der Waals surface area contributed by atoms with Crippen LogP contribution >= 0.6 is 0 Å². The van der Waals surface area contributed by atoms with Crippen molar-refractivity contribution in [2.45, 2.75) is 33.2 Å². The first kappa shape index (κ1) is 14.8. The average molecular weight is 291 g/mol. The Kier molecular flexibility index (Phi) is 3.79. The van der Waals surface area contributed by atoms with E-state index in [0.717, 1.165) is 10.2 Å². The van der Waals surface area contributed by atoms with Gasteiger partial charge in [0.25, 0.3) is 5.56 Å². The largest absolute Gasteiger partial charge is 0.411 e. The Morgan fingerprint density at radius 1 is 1.52 bits per heavy atom. The number of primary amides is 1. The van der Waals surface area contributed by atoms with Crippen LogP contribution < -0.4 is 11.3 Å². The Morgan fingerprint density at radius 2 is 2.19 bits per heavy atom. The maximum Gasteiger partial charge on any atom is 0.291 e. The molecular formula is C13H17N5O3. The summed E-state index contributed by atoms with van der Waals surface area (Å²) in [6.07, 6.45) is 1.77. The predicted octanol–water partition coefficient (Wildman–Crippen LogP) is 0.303. The fourth-order valence-electron chi connectivity index (χ4n) is 2.03. The molecule has 0 fully saturated rings. The van der Waals surface area contributed by atoms with Gasteiger partial charge in [0.15, 0.2) is 5.82 Å². The average Bonchev–Trinajstić information content (AvgIpc) is 2.86. The molecular weight excluding hydrogens is 274 g/mol. The van der Waals surface area contributed by atoms with Gasteiger partial charge in [-0.2, -0.15) is 0 Å². The normalized spacial score (nSPS) is 12.3. The predicted molar refractivity (Wildman–Crippen MR) is 76.7 cm³/mol. The lowest BCUT2D eigenvalue weighted by atomic mass is 10.1. The smallest absolute Gasteiger partial charge is 0.291 e. The maximum absolute atomic E-state index is 12.3. The highest BCUT2D eigenvalue weighted by Crippen LogP contribution is 2.17. The van der Waals surface area contributed by atoms with E-state index in [1.165, 1.54) is 0 Å². The van der Waals surface area contributed by atoms with Crippen molar-refractivity contribution in [2.24, 2.45) is 10.9 Å². The summed E-state index contributed by atoms with van der Waals surface area (Å²) in [5, 5.41) is 16.1. The highest BCUT2D eigenvalue weighted by atomic mass is 16.4. The second-order valence-electron chi connectivity index (χ2n) is 5.12. The van der Waals surface area contributed by atoms with E-state index in [0.29, 0.717) is 5.52 Å². The van der Waals surface area contributed by atoms with Crippen LogP contribution in [0, 0.1) is 0 Å². The zero-order valence-corrected chi connectivity index (χ0v) is 12.1. The Hall–Kier alpha value is -2.64. The lowest BCUT2D eigenvalue weighted by molar-refractivity contribution is -0.118. The molecule has 1 amide bonds. The van der Waals surface area contributed by atoms with E-state index in [4.69, 9.17) is 10.9 Å². The minimum Gasteiger partial charge on any atom is -0.411 e. The van der Waals surface area contributed by atoms with Crippen molar-refractivity contribution in [2.75, 3.05) is 0 Å². The molecule has 2 aromatic heterocycles. The molecule has 2 aromatic rings. The molecule has 0 saturated heterocycles. The maximum atomic E-state index is 12.3. The molecule has 2 heterocycles. The van der Waals surface area contributed by atoms with Crippen LogP contribution in [0.2, 0.25) is 0 Å². The zero-order chi connectivity index (χ0) is 15.7. The van der Waals surface area contributed by atoms with E-state index in [-0.39, 0.29) is 24.0 Å². The summed E-state index contributed by atoms with van der Waals surface area (Å²) < 4.78 is 2.54. The van der Waals surface area contributed by atoms with Gasteiger partial charge in [0, 0.05) is 6.20 Å². The second-order valence-corrected chi connectivity index (χ2v) is 5.12. The van der Waals surface area contributed by atoms with Crippen molar-refractivity contribution in [1.29, 1.82) is 0 Å². The summed E-state index contributed by atoms with van der Waals surface area (Å²) in [5.74, 6) is -0.178. The van der Waals surface area contributed by atoms with E-state index < -0.39 is 11.5 Å². The van der Waals surface area contributed by atoms with Crippen LogP contribution in [0.1, 0.15) is 38.1 Å². The van der Waals surface area contributed by atoms with Crippen molar-refractivity contribution < 1.29 is 10.0 Å². The first-order valence-electron chi connectivity index (χ1n) is 6.45. The third kappa shape index (κ3) is 2.64. The summed E-state index contributed by atoms with van der Waals surface area (Å²) in [6.45, 7) is 5.22. The monoisotopic (exact) mass is 291 g/mol. The molecule has 0 unspecified atom stereocenters. The third-order valence-electron chi connectivity index (χ3n) is 3.18. The number of oxime groups is 1. The molecule has 0 aliphatic carbocycles. The molecule has 0 aliphatic heterocycles. The van der Waals surface area contributed by atoms with Gasteiger partial charge in [0.1, 0.15) is 17.8 Å². The number of nitrogens with zero attached hydrogens (tertiary/aromatic N) is 4. The van der Waals surface area contributed by atoms with Crippen molar-refractivity contribution >= 4 is 17.1 Å². The van der Waals surface area contributed by atoms with E-state index >= 15 is 0 Å². The molecule has 3 N–H and O–H groups in total. The molecule has 21 heavy (non-hydrogen) atoms. The Bertz CT molecular complexity index is 785. The van der Waals surface area contributed by atoms with E-state index in [1.807, 2.05) is 13.8 Å². The molecule has 0 radical (unpaired) electrons. The minimum absolute atomic E-state index is 0.216. The molecule has 8 nitrogen and oxygen atoms in total. The number of carbonyl (C=O) groups is 1. The SMILES string of the molecule is C/C(=N/O)c1nn(CC(N)=O)c(=O)c2cc(C(C)C)cn12. The van der Waals surface area contributed by atoms with Gasteiger partial charge in [-0.05, 0) is 24.5 Å². The summed E-state index contributed by atoms with van der Waals surface area (Å²) >= 11 is 0. The molecule has 0 atom stereocenters. The Morgan fingerprint density at radius 3 is 2.71 bits per heavy atom. The molecule has 0 aromatic carbocycles. The van der Waals surface area contributed by atoms with Gasteiger partial charge in [-0.3, -0.25) is 14.0 Å². The van der Waals surface area contributed by atoms with Crippen LogP contribution in [0.3, 0.4) is 0 Å². The number of rotatable bonds is 4. The van der Waals surface area contributed by atoms with Gasteiger partial charge in [0.2, 0.25) is 5.91 Å². The molecule has 2 rings (SSSR count). The lowest BCUT2D eigenvalue weighted by Gasteiger charge is -2.08. The number of fused-ring (bicyclic) bond motifs is 1. The van der Waals surface area contributed by atoms with Gasteiger partial charge < -0.3 is 10.9 Å². The van der Waals surface area contributed by atoms with E-state index in [9.17, 15) is 9.59 Å². The number of aromatic nitrogens is 3. The molecule has 0 aliphatic rings. The van der Waals surface area contributed by atoms with Gasteiger partial charge in [-0.15, -0.1) is 5.10 Å². The summed E-state index contributed by atoms with van der Waals surface area (Å²) in [4.78, 5) is 23.4. The molecule has 0 spiro atoms.